The molecule has 0 aromatic carbocycles. The maximum atomic E-state index is 2.30. The lowest BCUT2D eigenvalue weighted by Crippen LogP contribution is -2.00. The van der Waals surface area contributed by atoms with Crippen LogP contribution in [0.2, 0.25) is 0 Å². The highest BCUT2D eigenvalue weighted by atomic mass is 14.1. The average molecular weight is 204 g/mol. The Labute approximate surface area is 94.8 Å². The van der Waals surface area contributed by atoms with Crippen LogP contribution in [0.4, 0.5) is 0 Å². The molecule has 0 heteroatoms. The van der Waals surface area contributed by atoms with E-state index in [1.165, 1.54) is 37.7 Å². The smallest absolute Gasteiger partial charge is 0.0163 e. The Morgan fingerprint density at radius 3 is 2.53 bits per heavy atom. The predicted molar refractivity (Wildman–Crippen MR) is 68.9 cm³/mol. The van der Waals surface area contributed by atoms with Gasteiger partial charge in [-0.3, -0.25) is 0 Å². The van der Waals surface area contributed by atoms with E-state index in [1.54, 1.807) is 0 Å². The van der Waals surface area contributed by atoms with E-state index in [0.29, 0.717) is 0 Å². The van der Waals surface area contributed by atoms with Gasteiger partial charge >= 0.3 is 0 Å². The summed E-state index contributed by atoms with van der Waals surface area (Å²) < 4.78 is 0. The summed E-state index contributed by atoms with van der Waals surface area (Å²) in [6.07, 6.45) is 19.0. The molecule has 1 aliphatic carbocycles. The van der Waals surface area contributed by atoms with Crippen molar-refractivity contribution < 1.29 is 0 Å². The summed E-state index contributed by atoms with van der Waals surface area (Å²) in [6.45, 7) is 4.58. The Morgan fingerprint density at radius 2 is 1.87 bits per heavy atom. The molecule has 0 unspecified atom stereocenters. The monoisotopic (exact) mass is 204 g/mol. The van der Waals surface area contributed by atoms with Gasteiger partial charge in [-0.05, 0) is 24.3 Å². The topological polar surface area (TPSA) is 0 Å². The van der Waals surface area contributed by atoms with Crippen molar-refractivity contribution in [1.82, 2.24) is 0 Å². The zero-order valence-corrected chi connectivity index (χ0v) is 10.2. The molecular formula is C15H24. The van der Waals surface area contributed by atoms with Crippen molar-refractivity contribution in [2.24, 2.45) is 5.92 Å². The molecule has 0 aliphatic heterocycles. The second kappa shape index (κ2) is 7.50. The minimum Gasteiger partial charge on any atom is -0.0807 e. The van der Waals surface area contributed by atoms with Gasteiger partial charge in [0.15, 0.2) is 0 Å². The van der Waals surface area contributed by atoms with Gasteiger partial charge in [0.1, 0.15) is 0 Å². The summed E-state index contributed by atoms with van der Waals surface area (Å²) in [5, 5.41) is 0. The largest absolute Gasteiger partial charge is 0.0807 e. The SMILES string of the molecule is CCCC(CCC)CC1=CC=CCC=C1. The van der Waals surface area contributed by atoms with Gasteiger partial charge in [-0.2, -0.15) is 0 Å². The first-order chi connectivity index (χ1) is 7.36. The lowest BCUT2D eigenvalue weighted by Gasteiger charge is -2.15. The highest BCUT2D eigenvalue weighted by molar-refractivity contribution is 5.27. The van der Waals surface area contributed by atoms with E-state index < -0.39 is 0 Å². The van der Waals surface area contributed by atoms with Crippen LogP contribution in [0.5, 0.6) is 0 Å². The molecule has 0 amide bonds. The fourth-order valence-electron chi connectivity index (χ4n) is 2.26. The zero-order chi connectivity index (χ0) is 10.9. The van der Waals surface area contributed by atoms with E-state index >= 15 is 0 Å². The quantitative estimate of drug-likeness (QED) is 0.569. The molecule has 0 N–H and O–H groups in total. The highest BCUT2D eigenvalue weighted by Gasteiger charge is 2.08. The Morgan fingerprint density at radius 1 is 1.13 bits per heavy atom. The molecule has 84 valence electrons. The minimum atomic E-state index is 0.891. The molecule has 0 heterocycles. The maximum absolute atomic E-state index is 2.30. The van der Waals surface area contributed by atoms with Crippen molar-refractivity contribution in [1.29, 1.82) is 0 Å². The third kappa shape index (κ3) is 5.01. The van der Waals surface area contributed by atoms with Crippen LogP contribution in [0.1, 0.15) is 52.4 Å². The molecule has 0 radical (unpaired) electrons. The summed E-state index contributed by atoms with van der Waals surface area (Å²) in [5.74, 6) is 0.891. The minimum absolute atomic E-state index is 0.891. The van der Waals surface area contributed by atoms with Crippen LogP contribution < -0.4 is 0 Å². The van der Waals surface area contributed by atoms with Crippen LogP contribution in [0.15, 0.2) is 36.0 Å². The molecule has 0 atom stereocenters. The van der Waals surface area contributed by atoms with E-state index in [0.717, 1.165) is 12.3 Å². The zero-order valence-electron chi connectivity index (χ0n) is 10.2. The maximum Gasteiger partial charge on any atom is -0.0163 e. The van der Waals surface area contributed by atoms with Gasteiger partial charge in [-0.1, -0.05) is 69.9 Å². The molecule has 0 saturated heterocycles. The Bertz CT molecular complexity index is 237. The van der Waals surface area contributed by atoms with Gasteiger partial charge in [0.05, 0.1) is 0 Å². The van der Waals surface area contributed by atoms with Gasteiger partial charge in [0.25, 0.3) is 0 Å². The Hall–Kier alpha value is -0.780. The highest BCUT2D eigenvalue weighted by Crippen LogP contribution is 2.23. The molecule has 0 nitrogen and oxygen atoms in total. The summed E-state index contributed by atoms with van der Waals surface area (Å²) in [5.41, 5.74) is 1.51. The third-order valence-electron chi connectivity index (χ3n) is 2.97. The van der Waals surface area contributed by atoms with Crippen LogP contribution in [0.25, 0.3) is 0 Å². The van der Waals surface area contributed by atoms with Gasteiger partial charge < -0.3 is 0 Å². The number of rotatable bonds is 6. The molecule has 0 aromatic heterocycles. The predicted octanol–water partition coefficient (Wildman–Crippen LogP) is 5.04. The van der Waals surface area contributed by atoms with Crippen molar-refractivity contribution in [3.8, 4) is 0 Å². The lowest BCUT2D eigenvalue weighted by molar-refractivity contribution is 0.439. The summed E-state index contributed by atoms with van der Waals surface area (Å²) >= 11 is 0. The van der Waals surface area contributed by atoms with Gasteiger partial charge in [-0.15, -0.1) is 0 Å². The van der Waals surface area contributed by atoms with Crippen LogP contribution in [0, 0.1) is 5.92 Å². The first kappa shape index (κ1) is 12.3. The van der Waals surface area contributed by atoms with E-state index in [2.05, 4.69) is 44.2 Å². The number of hydrogen-bond donors (Lipinski definition) is 0. The Kier molecular flexibility index (Phi) is 6.15. The molecule has 0 aromatic rings. The van der Waals surface area contributed by atoms with Crippen molar-refractivity contribution in [2.75, 3.05) is 0 Å². The van der Waals surface area contributed by atoms with E-state index in [-0.39, 0.29) is 0 Å². The van der Waals surface area contributed by atoms with Crippen LogP contribution in [0.3, 0.4) is 0 Å². The molecular weight excluding hydrogens is 180 g/mol. The summed E-state index contributed by atoms with van der Waals surface area (Å²) in [6, 6.07) is 0. The fraction of sp³-hybridized carbons (Fsp3) is 0.600. The van der Waals surface area contributed by atoms with Crippen LogP contribution in [-0.4, -0.2) is 0 Å². The second-order valence-corrected chi connectivity index (χ2v) is 4.46. The molecule has 1 rings (SSSR count). The Balaban J connectivity index is 2.48. The normalized spacial score (nSPS) is 15.5. The van der Waals surface area contributed by atoms with E-state index in [4.69, 9.17) is 0 Å². The van der Waals surface area contributed by atoms with E-state index in [9.17, 15) is 0 Å². The molecule has 0 bridgehead atoms. The van der Waals surface area contributed by atoms with Crippen molar-refractivity contribution in [2.45, 2.75) is 52.4 Å². The second-order valence-electron chi connectivity index (χ2n) is 4.46. The van der Waals surface area contributed by atoms with Gasteiger partial charge in [0.2, 0.25) is 0 Å². The van der Waals surface area contributed by atoms with E-state index in [1.807, 2.05) is 0 Å². The molecule has 0 spiro atoms. The number of allylic oxidation sites excluding steroid dienone is 6. The molecule has 0 fully saturated rings. The first-order valence-electron chi connectivity index (χ1n) is 6.39. The number of hydrogen-bond acceptors (Lipinski definition) is 0. The average Bonchev–Trinajstić information content (AvgIpc) is 2.47. The fourth-order valence-corrected chi connectivity index (χ4v) is 2.26. The molecule has 15 heavy (non-hydrogen) atoms. The summed E-state index contributed by atoms with van der Waals surface area (Å²) in [7, 11) is 0. The van der Waals surface area contributed by atoms with Crippen molar-refractivity contribution in [3.63, 3.8) is 0 Å². The third-order valence-corrected chi connectivity index (χ3v) is 2.97. The standard InChI is InChI=1S/C15H24/c1-3-9-14(10-4-2)13-15-11-7-5-6-8-12-15/h5,7-8,11-12,14H,3-4,6,9-10,13H2,1-2H3. The van der Waals surface area contributed by atoms with Gasteiger partial charge in [0, 0.05) is 0 Å². The van der Waals surface area contributed by atoms with Crippen LogP contribution >= 0.6 is 0 Å². The van der Waals surface area contributed by atoms with Gasteiger partial charge in [-0.25, -0.2) is 0 Å². The van der Waals surface area contributed by atoms with Crippen molar-refractivity contribution in [3.05, 3.63) is 36.0 Å². The van der Waals surface area contributed by atoms with Crippen LogP contribution in [-0.2, 0) is 0 Å². The molecule has 1 aliphatic rings. The first-order valence-corrected chi connectivity index (χ1v) is 6.39. The van der Waals surface area contributed by atoms with Crippen molar-refractivity contribution >= 4 is 0 Å². The lowest BCUT2D eigenvalue weighted by atomic mass is 9.91. The summed E-state index contributed by atoms with van der Waals surface area (Å²) in [4.78, 5) is 0. The molecule has 0 saturated carbocycles.